The zero-order valence-electron chi connectivity index (χ0n) is 15.2. The molecule has 1 aliphatic heterocycles. The van der Waals surface area contributed by atoms with Crippen molar-refractivity contribution < 1.29 is 9.18 Å². The standard InChI is InChI=1S/C21H26FN3O/c1-16(17-6-4-7-18(22)14-17)21(26)25(15-19-8-2-3-12-24-19)20-9-5-11-23-13-10-20/h2-4,6-8,12,14,16,20,23H,5,9-11,13,15H2,1H3. The molecule has 2 unspecified atom stereocenters. The highest BCUT2D eigenvalue weighted by molar-refractivity contribution is 5.83. The van der Waals surface area contributed by atoms with Gasteiger partial charge in [-0.1, -0.05) is 18.2 Å². The molecule has 0 bridgehead atoms. The number of carbonyl (C=O) groups is 1. The van der Waals surface area contributed by atoms with Crippen LogP contribution in [0, 0.1) is 5.82 Å². The second-order valence-corrected chi connectivity index (χ2v) is 6.90. The predicted molar refractivity (Wildman–Crippen MR) is 100 cm³/mol. The summed E-state index contributed by atoms with van der Waals surface area (Å²) in [6.45, 7) is 4.24. The minimum Gasteiger partial charge on any atom is -0.333 e. The lowest BCUT2D eigenvalue weighted by Gasteiger charge is -2.33. The van der Waals surface area contributed by atoms with Gasteiger partial charge in [0.05, 0.1) is 18.2 Å². The fourth-order valence-corrected chi connectivity index (χ4v) is 3.53. The summed E-state index contributed by atoms with van der Waals surface area (Å²) >= 11 is 0. The summed E-state index contributed by atoms with van der Waals surface area (Å²) in [6, 6.07) is 12.3. The third-order valence-electron chi connectivity index (χ3n) is 5.05. The van der Waals surface area contributed by atoms with Crippen LogP contribution in [-0.4, -0.2) is 34.9 Å². The summed E-state index contributed by atoms with van der Waals surface area (Å²) in [5.41, 5.74) is 1.59. The van der Waals surface area contributed by atoms with E-state index in [4.69, 9.17) is 0 Å². The Morgan fingerprint density at radius 1 is 1.27 bits per heavy atom. The highest BCUT2D eigenvalue weighted by Crippen LogP contribution is 2.24. The third-order valence-corrected chi connectivity index (χ3v) is 5.05. The van der Waals surface area contributed by atoms with Crippen LogP contribution in [0.1, 0.15) is 43.4 Å². The minimum absolute atomic E-state index is 0.0353. The van der Waals surface area contributed by atoms with Gasteiger partial charge in [0, 0.05) is 12.2 Å². The predicted octanol–water partition coefficient (Wildman–Crippen LogP) is 3.50. The highest BCUT2D eigenvalue weighted by Gasteiger charge is 2.29. The van der Waals surface area contributed by atoms with Crippen LogP contribution in [0.3, 0.4) is 0 Å². The molecule has 0 aliphatic carbocycles. The fraction of sp³-hybridized carbons (Fsp3) is 0.429. The minimum atomic E-state index is -0.384. The lowest BCUT2D eigenvalue weighted by Crippen LogP contribution is -2.42. The Labute approximate surface area is 154 Å². The molecule has 1 aliphatic rings. The van der Waals surface area contributed by atoms with E-state index in [1.165, 1.54) is 12.1 Å². The van der Waals surface area contributed by atoms with Crippen molar-refractivity contribution in [3.63, 3.8) is 0 Å². The molecule has 0 saturated carbocycles. The van der Waals surface area contributed by atoms with Crippen molar-refractivity contribution in [2.24, 2.45) is 0 Å². The summed E-state index contributed by atoms with van der Waals surface area (Å²) < 4.78 is 13.6. The number of nitrogens with one attached hydrogen (secondary N) is 1. The van der Waals surface area contributed by atoms with Gasteiger partial charge in [0.25, 0.3) is 0 Å². The maximum absolute atomic E-state index is 13.6. The number of carbonyl (C=O) groups excluding carboxylic acids is 1. The molecule has 1 N–H and O–H groups in total. The molecular weight excluding hydrogens is 329 g/mol. The number of pyridine rings is 1. The summed E-state index contributed by atoms with van der Waals surface area (Å²) in [5.74, 6) is -0.657. The Kier molecular flexibility index (Phi) is 6.34. The van der Waals surface area contributed by atoms with Crippen molar-refractivity contribution in [1.82, 2.24) is 15.2 Å². The van der Waals surface area contributed by atoms with E-state index in [-0.39, 0.29) is 23.7 Å². The average Bonchev–Trinajstić information content (AvgIpc) is 2.95. The van der Waals surface area contributed by atoms with Crippen molar-refractivity contribution in [2.45, 2.75) is 44.7 Å². The fourth-order valence-electron chi connectivity index (χ4n) is 3.53. The highest BCUT2D eigenvalue weighted by atomic mass is 19.1. The normalized spacial score (nSPS) is 18.8. The summed E-state index contributed by atoms with van der Waals surface area (Å²) in [7, 11) is 0. The van der Waals surface area contributed by atoms with Gasteiger partial charge < -0.3 is 10.2 Å². The molecule has 3 rings (SSSR count). The molecule has 5 heteroatoms. The Balaban J connectivity index is 1.84. The Morgan fingerprint density at radius 3 is 2.92 bits per heavy atom. The van der Waals surface area contributed by atoms with Crippen molar-refractivity contribution in [3.8, 4) is 0 Å². The molecule has 0 radical (unpaired) electrons. The first kappa shape index (κ1) is 18.5. The number of amides is 1. The lowest BCUT2D eigenvalue weighted by atomic mass is 9.97. The number of rotatable bonds is 5. The topological polar surface area (TPSA) is 45.2 Å². The van der Waals surface area contributed by atoms with Gasteiger partial charge in [0.2, 0.25) is 5.91 Å². The quantitative estimate of drug-likeness (QED) is 0.893. The van der Waals surface area contributed by atoms with E-state index in [2.05, 4.69) is 10.3 Å². The van der Waals surface area contributed by atoms with E-state index in [1.807, 2.05) is 36.1 Å². The molecule has 4 nitrogen and oxygen atoms in total. The van der Waals surface area contributed by atoms with Gasteiger partial charge in [0.1, 0.15) is 5.82 Å². The van der Waals surface area contributed by atoms with Gasteiger partial charge in [-0.25, -0.2) is 4.39 Å². The zero-order valence-corrected chi connectivity index (χ0v) is 15.2. The van der Waals surface area contributed by atoms with E-state index in [9.17, 15) is 9.18 Å². The van der Waals surface area contributed by atoms with Crippen LogP contribution in [0.15, 0.2) is 48.7 Å². The Bertz CT molecular complexity index is 714. The van der Waals surface area contributed by atoms with Gasteiger partial charge in [-0.2, -0.15) is 0 Å². The Morgan fingerprint density at radius 2 is 2.15 bits per heavy atom. The van der Waals surface area contributed by atoms with E-state index < -0.39 is 0 Å². The van der Waals surface area contributed by atoms with Gasteiger partial charge in [0.15, 0.2) is 0 Å². The number of hydrogen-bond acceptors (Lipinski definition) is 3. The molecule has 1 saturated heterocycles. The molecule has 26 heavy (non-hydrogen) atoms. The van der Waals surface area contributed by atoms with Crippen LogP contribution < -0.4 is 5.32 Å². The number of halogens is 1. The van der Waals surface area contributed by atoms with Crippen LogP contribution >= 0.6 is 0 Å². The first-order chi connectivity index (χ1) is 12.6. The number of hydrogen-bond donors (Lipinski definition) is 1. The second-order valence-electron chi connectivity index (χ2n) is 6.90. The molecular formula is C21H26FN3O. The largest absolute Gasteiger partial charge is 0.333 e. The maximum atomic E-state index is 13.6. The molecule has 1 aromatic heterocycles. The van der Waals surface area contributed by atoms with Crippen molar-refractivity contribution in [1.29, 1.82) is 0 Å². The molecule has 2 heterocycles. The SMILES string of the molecule is CC(C(=O)N(Cc1ccccn1)C1CCCNCC1)c1cccc(F)c1. The van der Waals surface area contributed by atoms with Gasteiger partial charge in [-0.15, -0.1) is 0 Å². The van der Waals surface area contributed by atoms with Crippen LogP contribution in [0.4, 0.5) is 4.39 Å². The van der Waals surface area contributed by atoms with Crippen LogP contribution in [-0.2, 0) is 11.3 Å². The van der Waals surface area contributed by atoms with Crippen molar-refractivity contribution >= 4 is 5.91 Å². The molecule has 1 amide bonds. The van der Waals surface area contributed by atoms with E-state index in [1.54, 1.807) is 12.3 Å². The second kappa shape index (κ2) is 8.90. The first-order valence-electron chi connectivity index (χ1n) is 9.31. The van der Waals surface area contributed by atoms with Crippen molar-refractivity contribution in [3.05, 3.63) is 65.7 Å². The number of nitrogens with zero attached hydrogens (tertiary/aromatic N) is 2. The monoisotopic (exact) mass is 355 g/mol. The smallest absolute Gasteiger partial charge is 0.230 e. The van der Waals surface area contributed by atoms with Crippen LogP contribution in [0.5, 0.6) is 0 Å². The maximum Gasteiger partial charge on any atom is 0.230 e. The number of aromatic nitrogens is 1. The zero-order chi connectivity index (χ0) is 18.4. The lowest BCUT2D eigenvalue weighted by molar-refractivity contribution is -0.135. The molecule has 2 atom stereocenters. The molecule has 1 fully saturated rings. The molecule has 1 aromatic carbocycles. The summed E-state index contributed by atoms with van der Waals surface area (Å²) in [5, 5.41) is 3.40. The van der Waals surface area contributed by atoms with Gasteiger partial charge >= 0.3 is 0 Å². The van der Waals surface area contributed by atoms with E-state index >= 15 is 0 Å². The van der Waals surface area contributed by atoms with Gasteiger partial charge in [-0.3, -0.25) is 9.78 Å². The Hall–Kier alpha value is -2.27. The molecule has 138 valence electrons. The van der Waals surface area contributed by atoms with Crippen LogP contribution in [0.25, 0.3) is 0 Å². The van der Waals surface area contributed by atoms with Gasteiger partial charge in [-0.05, 0) is 69.1 Å². The molecule has 2 aromatic rings. The summed E-state index contributed by atoms with van der Waals surface area (Å²) in [6.07, 6.45) is 4.70. The first-order valence-corrected chi connectivity index (χ1v) is 9.31. The number of benzene rings is 1. The summed E-state index contributed by atoms with van der Waals surface area (Å²) in [4.78, 5) is 19.7. The van der Waals surface area contributed by atoms with E-state index in [0.717, 1.165) is 38.0 Å². The van der Waals surface area contributed by atoms with Crippen LogP contribution in [0.2, 0.25) is 0 Å². The van der Waals surface area contributed by atoms with E-state index in [0.29, 0.717) is 12.1 Å². The van der Waals surface area contributed by atoms with Crippen molar-refractivity contribution in [2.75, 3.05) is 13.1 Å². The third kappa shape index (κ3) is 4.67. The average molecular weight is 355 g/mol. The molecule has 0 spiro atoms.